The van der Waals surface area contributed by atoms with Gasteiger partial charge in [0, 0.05) is 29.6 Å². The molecule has 1 unspecified atom stereocenters. The van der Waals surface area contributed by atoms with Crippen molar-refractivity contribution in [2.45, 2.75) is 51.3 Å². The highest BCUT2D eigenvalue weighted by molar-refractivity contribution is 6.21. The van der Waals surface area contributed by atoms with Gasteiger partial charge in [-0.15, -0.1) is 0 Å². The smallest absolute Gasteiger partial charge is 0.263 e. The molecule has 1 aromatic heterocycles. The van der Waals surface area contributed by atoms with Crippen molar-refractivity contribution >= 4 is 23.4 Å². The number of pyridine rings is 1. The molecule has 1 atom stereocenters. The van der Waals surface area contributed by atoms with Crippen LogP contribution in [-0.4, -0.2) is 40.8 Å². The highest BCUT2D eigenvalue weighted by Crippen LogP contribution is 2.42. The maximum absolute atomic E-state index is 13.6. The lowest BCUT2D eigenvalue weighted by Crippen LogP contribution is -2.29. The largest absolute Gasteiger partial charge is 0.493 e. The summed E-state index contributed by atoms with van der Waals surface area (Å²) in [6.07, 6.45) is 5.71. The summed E-state index contributed by atoms with van der Waals surface area (Å²) < 4.78 is 11.7. The zero-order valence-corrected chi connectivity index (χ0v) is 21.2. The van der Waals surface area contributed by atoms with Crippen LogP contribution in [0.15, 0.2) is 53.5 Å². The Morgan fingerprint density at radius 2 is 1.63 bits per heavy atom. The molecule has 0 spiro atoms. The van der Waals surface area contributed by atoms with Crippen molar-refractivity contribution in [2.24, 2.45) is 0 Å². The van der Waals surface area contributed by atoms with Gasteiger partial charge in [0.05, 0.1) is 36.9 Å². The first-order valence-electron chi connectivity index (χ1n) is 12.8. The minimum absolute atomic E-state index is 0.00259. The quantitative estimate of drug-likeness (QED) is 0.495. The van der Waals surface area contributed by atoms with E-state index in [9.17, 15) is 19.2 Å². The van der Waals surface area contributed by atoms with Gasteiger partial charge in [-0.1, -0.05) is 12.1 Å². The molecule has 1 N–H and O–H groups in total. The maximum Gasteiger partial charge on any atom is 0.263 e. The zero-order chi connectivity index (χ0) is 26.6. The second-order valence-electron chi connectivity index (χ2n) is 9.95. The highest BCUT2D eigenvalue weighted by atomic mass is 16.5. The van der Waals surface area contributed by atoms with Crippen LogP contribution >= 0.6 is 0 Å². The lowest BCUT2D eigenvalue weighted by atomic mass is 10.0. The molecule has 3 aliphatic rings. The van der Waals surface area contributed by atoms with Gasteiger partial charge in [0.25, 0.3) is 17.7 Å². The van der Waals surface area contributed by atoms with Crippen LogP contribution in [0.25, 0.3) is 0 Å². The Morgan fingerprint density at radius 3 is 2.39 bits per heavy atom. The molecule has 2 aliphatic heterocycles. The van der Waals surface area contributed by atoms with Crippen molar-refractivity contribution in [3.8, 4) is 11.5 Å². The minimum atomic E-state index is -0.522. The van der Waals surface area contributed by atoms with E-state index in [0.29, 0.717) is 28.3 Å². The average Bonchev–Trinajstić information content (AvgIpc) is 3.57. The number of H-pyrrole nitrogens is 1. The minimum Gasteiger partial charge on any atom is -0.493 e. The summed E-state index contributed by atoms with van der Waals surface area (Å²) in [5.41, 5.74) is 2.55. The van der Waals surface area contributed by atoms with E-state index < -0.39 is 17.4 Å². The predicted molar refractivity (Wildman–Crippen MR) is 139 cm³/mol. The van der Waals surface area contributed by atoms with Gasteiger partial charge in [-0.25, -0.2) is 0 Å². The SMILES string of the molecule is COc1ccc(N2C(=O)c3cc(CN4C(=O)c5c[nH]c(=O)cc5C4=O)ccc3C2C)cc1OC1CCCC1. The number of methoxy groups -OCH3 is 1. The van der Waals surface area contributed by atoms with E-state index in [0.717, 1.165) is 42.2 Å². The van der Waals surface area contributed by atoms with Crippen LogP contribution in [0.3, 0.4) is 0 Å². The van der Waals surface area contributed by atoms with E-state index in [1.807, 2.05) is 37.3 Å². The molecule has 3 heterocycles. The van der Waals surface area contributed by atoms with E-state index in [-0.39, 0.29) is 35.7 Å². The molecular formula is C29H27N3O6. The van der Waals surface area contributed by atoms with Crippen molar-refractivity contribution < 1.29 is 23.9 Å². The van der Waals surface area contributed by atoms with Crippen molar-refractivity contribution in [3.63, 3.8) is 0 Å². The molecule has 38 heavy (non-hydrogen) atoms. The first-order valence-corrected chi connectivity index (χ1v) is 12.8. The van der Waals surface area contributed by atoms with Gasteiger partial charge in [-0.05, 0) is 61.9 Å². The van der Waals surface area contributed by atoms with E-state index in [2.05, 4.69) is 4.98 Å². The van der Waals surface area contributed by atoms with E-state index in [1.54, 1.807) is 18.1 Å². The van der Waals surface area contributed by atoms with Crippen LogP contribution in [-0.2, 0) is 6.54 Å². The van der Waals surface area contributed by atoms with Gasteiger partial charge in [-0.3, -0.25) is 24.1 Å². The number of carbonyl (C=O) groups is 3. The van der Waals surface area contributed by atoms with Crippen molar-refractivity contribution in [2.75, 3.05) is 12.0 Å². The molecule has 9 nitrogen and oxygen atoms in total. The van der Waals surface area contributed by atoms with Gasteiger partial charge in [0.15, 0.2) is 11.5 Å². The number of amides is 3. The molecule has 3 amide bonds. The number of aromatic amines is 1. The summed E-state index contributed by atoms with van der Waals surface area (Å²) in [5.74, 6) is 0.0846. The first-order chi connectivity index (χ1) is 18.4. The molecule has 1 saturated carbocycles. The number of hydrogen-bond acceptors (Lipinski definition) is 6. The molecule has 1 aliphatic carbocycles. The first kappa shape index (κ1) is 24.0. The molecule has 1 fully saturated rings. The molecule has 9 heteroatoms. The summed E-state index contributed by atoms with van der Waals surface area (Å²) in [6.45, 7) is 1.96. The van der Waals surface area contributed by atoms with Crippen molar-refractivity contribution in [1.29, 1.82) is 0 Å². The number of ether oxygens (including phenoxy) is 2. The van der Waals surface area contributed by atoms with E-state index in [1.165, 1.54) is 6.20 Å². The number of rotatable bonds is 6. The topological polar surface area (TPSA) is 109 Å². The maximum atomic E-state index is 13.6. The lowest BCUT2D eigenvalue weighted by molar-refractivity contribution is 0.0642. The van der Waals surface area contributed by atoms with Gasteiger partial charge < -0.3 is 19.4 Å². The van der Waals surface area contributed by atoms with Crippen LogP contribution in [0, 0.1) is 0 Å². The number of nitrogens with one attached hydrogen (secondary N) is 1. The number of benzene rings is 2. The third-order valence-corrected chi connectivity index (χ3v) is 7.64. The Labute approximate surface area is 219 Å². The monoisotopic (exact) mass is 513 g/mol. The fraction of sp³-hybridized carbons (Fsp3) is 0.310. The second kappa shape index (κ2) is 9.16. The number of nitrogens with zero attached hydrogens (tertiary/aromatic N) is 2. The molecule has 6 rings (SSSR count). The van der Waals surface area contributed by atoms with Gasteiger partial charge in [0.1, 0.15) is 0 Å². The fourth-order valence-corrected chi connectivity index (χ4v) is 5.66. The van der Waals surface area contributed by atoms with E-state index >= 15 is 0 Å². The average molecular weight is 514 g/mol. The second-order valence-corrected chi connectivity index (χ2v) is 9.95. The summed E-state index contributed by atoms with van der Waals surface area (Å²) in [5, 5.41) is 0. The van der Waals surface area contributed by atoms with Crippen LogP contribution < -0.4 is 19.9 Å². The van der Waals surface area contributed by atoms with Crippen LogP contribution in [0.2, 0.25) is 0 Å². The molecule has 0 bridgehead atoms. The Kier molecular flexibility index (Phi) is 5.78. The Morgan fingerprint density at radius 1 is 0.868 bits per heavy atom. The lowest BCUT2D eigenvalue weighted by Gasteiger charge is -2.24. The number of imide groups is 1. The van der Waals surface area contributed by atoms with Crippen LogP contribution in [0.5, 0.6) is 11.5 Å². The molecule has 2 aromatic carbocycles. The Bertz CT molecular complexity index is 1540. The number of carbonyl (C=O) groups excluding carboxylic acids is 3. The standard InChI is InChI=1S/C29H27N3O6/c1-16-20-9-7-17(15-31-27(34)22-13-26(33)30-14-23(22)28(31)35)11-21(20)29(36)32(16)18-8-10-24(37-2)25(12-18)38-19-5-3-4-6-19/h7-14,16,19H,3-6,15H2,1-2H3,(H,30,33). The predicted octanol–water partition coefficient (Wildman–Crippen LogP) is 4.22. The number of anilines is 1. The number of aromatic nitrogens is 1. The van der Waals surface area contributed by atoms with Gasteiger partial charge in [-0.2, -0.15) is 0 Å². The summed E-state index contributed by atoms with van der Waals surface area (Å²) in [4.78, 5) is 56.1. The molecule has 0 radical (unpaired) electrons. The third-order valence-electron chi connectivity index (χ3n) is 7.64. The fourth-order valence-electron chi connectivity index (χ4n) is 5.66. The summed E-state index contributed by atoms with van der Waals surface area (Å²) in [6, 6.07) is 11.9. The number of fused-ring (bicyclic) bond motifs is 2. The van der Waals surface area contributed by atoms with Crippen molar-refractivity contribution in [1.82, 2.24) is 9.88 Å². The molecular weight excluding hydrogens is 486 g/mol. The van der Waals surface area contributed by atoms with Crippen molar-refractivity contribution in [3.05, 3.63) is 86.8 Å². The summed E-state index contributed by atoms with van der Waals surface area (Å²) >= 11 is 0. The molecule has 194 valence electrons. The normalized spacial score (nSPS) is 18.8. The Balaban J connectivity index is 1.26. The number of hydrogen-bond donors (Lipinski definition) is 1. The van der Waals surface area contributed by atoms with Crippen LogP contribution in [0.4, 0.5) is 5.69 Å². The van der Waals surface area contributed by atoms with Crippen LogP contribution in [0.1, 0.15) is 80.8 Å². The Hall–Kier alpha value is -4.40. The highest BCUT2D eigenvalue weighted by Gasteiger charge is 2.38. The van der Waals surface area contributed by atoms with Gasteiger partial charge in [0.2, 0.25) is 5.56 Å². The molecule has 3 aromatic rings. The van der Waals surface area contributed by atoms with E-state index in [4.69, 9.17) is 9.47 Å². The summed E-state index contributed by atoms with van der Waals surface area (Å²) in [7, 11) is 1.60. The molecule has 0 saturated heterocycles. The third kappa shape index (κ3) is 3.86. The van der Waals surface area contributed by atoms with Gasteiger partial charge >= 0.3 is 0 Å². The zero-order valence-electron chi connectivity index (χ0n) is 21.2.